The molecule has 0 aromatic carbocycles. The summed E-state index contributed by atoms with van der Waals surface area (Å²) >= 11 is 0. The van der Waals surface area contributed by atoms with E-state index in [0.717, 1.165) is 44.9 Å². The van der Waals surface area contributed by atoms with Crippen molar-refractivity contribution >= 4 is 19.8 Å². The molecule has 0 spiro atoms. The van der Waals surface area contributed by atoms with E-state index in [9.17, 15) is 24.2 Å². The fourth-order valence-corrected chi connectivity index (χ4v) is 6.45. The Labute approximate surface area is 360 Å². The topological polar surface area (TPSA) is 129 Å². The molecule has 0 aromatic rings. The molecule has 3 atom stereocenters. The standard InChI is InChI=1S/C48H84NO9P/c1-6-8-10-11-12-13-14-15-16-17-18-19-24-27-30-33-36-40-48(52)58-46(44-57-59(53,54)56-42-41-49(3,4)5)43-55-47(51)39-35-32-29-26-23-21-20-22-25-28-31-34-38-45(50)37-9-7-2/h9,15-16,20-21,25-26,28-29,31,34,37,45-46,50H,6-8,10-14,17-19,22-24,27,30,32-33,35-36,38-44H2,1-5H3/p+1/b16-15-,21-20-,28-25-,29-26-,34-31+,37-9-/t45?,46-/m1/s1. The number of allylic oxidation sites excluding steroid dienone is 10. The molecule has 11 heteroatoms. The Morgan fingerprint density at radius 3 is 1.81 bits per heavy atom. The lowest BCUT2D eigenvalue weighted by Gasteiger charge is -2.24. The lowest BCUT2D eigenvalue weighted by molar-refractivity contribution is -0.870. The summed E-state index contributed by atoms with van der Waals surface area (Å²) in [7, 11) is 1.41. The minimum Gasteiger partial charge on any atom is -0.462 e. The number of aliphatic hydroxyl groups excluding tert-OH is 1. The number of carbonyl (C=O) groups is 2. The number of nitrogens with zero attached hydrogens (tertiary/aromatic N) is 1. The van der Waals surface area contributed by atoms with Crippen LogP contribution in [-0.4, -0.2) is 86.1 Å². The number of esters is 2. The minimum atomic E-state index is -4.40. The van der Waals surface area contributed by atoms with Crippen molar-refractivity contribution in [1.29, 1.82) is 0 Å². The fraction of sp³-hybridized carbons (Fsp3) is 0.708. The second-order valence-corrected chi connectivity index (χ2v) is 17.7. The maximum atomic E-state index is 12.7. The van der Waals surface area contributed by atoms with Gasteiger partial charge in [-0.15, -0.1) is 0 Å². The zero-order valence-corrected chi connectivity index (χ0v) is 38.7. The van der Waals surface area contributed by atoms with Crippen molar-refractivity contribution in [3.8, 4) is 0 Å². The Morgan fingerprint density at radius 1 is 0.627 bits per heavy atom. The molecular formula is C48H85NO9P+. The molecule has 0 radical (unpaired) electrons. The molecule has 0 amide bonds. The van der Waals surface area contributed by atoms with Crippen LogP contribution in [0, 0.1) is 0 Å². The molecule has 340 valence electrons. The average Bonchev–Trinajstić information content (AvgIpc) is 3.18. The molecule has 10 nitrogen and oxygen atoms in total. The van der Waals surface area contributed by atoms with Crippen molar-refractivity contribution in [1.82, 2.24) is 0 Å². The van der Waals surface area contributed by atoms with Crippen LogP contribution in [0.25, 0.3) is 0 Å². The van der Waals surface area contributed by atoms with E-state index in [1.807, 2.05) is 64.5 Å². The highest BCUT2D eigenvalue weighted by Gasteiger charge is 2.27. The largest absolute Gasteiger partial charge is 0.472 e. The molecule has 0 bridgehead atoms. The van der Waals surface area contributed by atoms with Gasteiger partial charge in [-0.3, -0.25) is 18.6 Å². The van der Waals surface area contributed by atoms with Crippen molar-refractivity contribution in [3.05, 3.63) is 72.9 Å². The van der Waals surface area contributed by atoms with Crippen molar-refractivity contribution in [3.63, 3.8) is 0 Å². The number of hydrogen-bond donors (Lipinski definition) is 2. The van der Waals surface area contributed by atoms with Crippen LogP contribution in [0.15, 0.2) is 72.9 Å². The zero-order valence-electron chi connectivity index (χ0n) is 37.8. The molecule has 0 aromatic heterocycles. The SMILES string of the molecule is CC/C=C\C(O)C/C=C/C=C\C/C=C\C/C=C\CCCC(=O)OC[C@H](COP(=O)(O)OCC[N+](C)(C)C)OC(=O)CCCCCCCCC/C=C\CCCCCCCC. The van der Waals surface area contributed by atoms with Gasteiger partial charge in [0.15, 0.2) is 6.10 Å². The molecule has 0 saturated carbocycles. The first-order valence-electron chi connectivity index (χ1n) is 22.8. The average molecular weight is 851 g/mol. The van der Waals surface area contributed by atoms with E-state index in [1.54, 1.807) is 0 Å². The third-order valence-electron chi connectivity index (χ3n) is 9.30. The highest BCUT2D eigenvalue weighted by atomic mass is 31.2. The zero-order chi connectivity index (χ0) is 43.7. The van der Waals surface area contributed by atoms with Gasteiger partial charge in [0.25, 0.3) is 0 Å². The van der Waals surface area contributed by atoms with E-state index in [1.165, 1.54) is 64.2 Å². The monoisotopic (exact) mass is 851 g/mol. The number of carbonyl (C=O) groups excluding carboxylic acids is 2. The fourth-order valence-electron chi connectivity index (χ4n) is 5.71. The summed E-state index contributed by atoms with van der Waals surface area (Å²) in [5.74, 6) is -0.900. The molecule has 0 heterocycles. The van der Waals surface area contributed by atoms with Gasteiger partial charge < -0.3 is 24.0 Å². The first kappa shape index (κ1) is 56.4. The van der Waals surface area contributed by atoms with Gasteiger partial charge in [-0.1, -0.05) is 151 Å². The number of ether oxygens (including phenoxy) is 2. The van der Waals surface area contributed by atoms with Crippen molar-refractivity contribution < 1.29 is 47.2 Å². The summed E-state index contributed by atoms with van der Waals surface area (Å²) in [5, 5.41) is 9.77. The molecule has 2 N–H and O–H groups in total. The Balaban J connectivity index is 4.48. The van der Waals surface area contributed by atoms with Crippen LogP contribution >= 0.6 is 7.82 Å². The molecule has 0 fully saturated rings. The Kier molecular flexibility index (Phi) is 37.8. The summed E-state index contributed by atoms with van der Waals surface area (Å²) in [6, 6.07) is 0. The van der Waals surface area contributed by atoms with Gasteiger partial charge in [0.1, 0.15) is 19.8 Å². The van der Waals surface area contributed by atoms with Gasteiger partial charge in [-0.05, 0) is 70.6 Å². The second kappa shape index (κ2) is 39.5. The third-order valence-corrected chi connectivity index (χ3v) is 10.3. The first-order chi connectivity index (χ1) is 28.4. The van der Waals surface area contributed by atoms with Gasteiger partial charge in [-0.2, -0.15) is 0 Å². The molecular weight excluding hydrogens is 765 g/mol. The molecule has 59 heavy (non-hydrogen) atoms. The second-order valence-electron chi connectivity index (χ2n) is 16.2. The van der Waals surface area contributed by atoms with Crippen LogP contribution in [0.3, 0.4) is 0 Å². The van der Waals surface area contributed by atoms with Gasteiger partial charge in [0.05, 0.1) is 33.9 Å². The van der Waals surface area contributed by atoms with Crippen molar-refractivity contribution in [2.24, 2.45) is 0 Å². The van der Waals surface area contributed by atoms with Crippen LogP contribution in [-0.2, 0) is 32.7 Å². The maximum Gasteiger partial charge on any atom is 0.472 e. The minimum absolute atomic E-state index is 0.0117. The number of rotatable bonds is 40. The van der Waals surface area contributed by atoms with E-state index in [0.29, 0.717) is 36.7 Å². The number of phosphoric acid groups is 1. The molecule has 0 rings (SSSR count). The summed E-state index contributed by atoms with van der Waals surface area (Å²) in [5.41, 5.74) is 0. The smallest absolute Gasteiger partial charge is 0.462 e. The third kappa shape index (κ3) is 43.3. The predicted molar refractivity (Wildman–Crippen MR) is 244 cm³/mol. The van der Waals surface area contributed by atoms with E-state index >= 15 is 0 Å². The van der Waals surface area contributed by atoms with Crippen LogP contribution in [0.5, 0.6) is 0 Å². The normalized spacial score (nSPS) is 14.8. The Morgan fingerprint density at radius 2 is 1.17 bits per heavy atom. The number of unbranched alkanes of at least 4 members (excludes halogenated alkanes) is 14. The van der Waals surface area contributed by atoms with Gasteiger partial charge in [0.2, 0.25) is 0 Å². The van der Waals surface area contributed by atoms with E-state index in [4.69, 9.17) is 18.5 Å². The highest BCUT2D eigenvalue weighted by Crippen LogP contribution is 2.43. The summed E-state index contributed by atoms with van der Waals surface area (Å²) in [6.07, 6.45) is 45.8. The number of aliphatic hydroxyl groups is 1. The molecule has 2 unspecified atom stereocenters. The molecule has 0 aliphatic heterocycles. The van der Waals surface area contributed by atoms with Crippen LogP contribution in [0.1, 0.15) is 162 Å². The highest BCUT2D eigenvalue weighted by molar-refractivity contribution is 7.47. The molecule has 0 aliphatic rings. The number of quaternary nitrogens is 1. The Bertz CT molecular complexity index is 1250. The van der Waals surface area contributed by atoms with Crippen LogP contribution in [0.4, 0.5) is 0 Å². The molecule has 0 saturated heterocycles. The van der Waals surface area contributed by atoms with E-state index < -0.39 is 38.6 Å². The lowest BCUT2D eigenvalue weighted by atomic mass is 10.1. The van der Waals surface area contributed by atoms with Crippen LogP contribution in [0.2, 0.25) is 0 Å². The number of hydrogen-bond acceptors (Lipinski definition) is 8. The van der Waals surface area contributed by atoms with Gasteiger partial charge in [-0.25, -0.2) is 4.57 Å². The van der Waals surface area contributed by atoms with Crippen molar-refractivity contribution in [2.75, 3.05) is 47.5 Å². The first-order valence-corrected chi connectivity index (χ1v) is 24.3. The maximum absolute atomic E-state index is 12.7. The molecule has 0 aliphatic carbocycles. The van der Waals surface area contributed by atoms with Gasteiger partial charge in [0, 0.05) is 12.8 Å². The quantitative estimate of drug-likeness (QED) is 0.0155. The van der Waals surface area contributed by atoms with E-state index in [-0.39, 0.29) is 26.1 Å². The predicted octanol–water partition coefficient (Wildman–Crippen LogP) is 12.0. The Hall–Kier alpha value is -2.59. The summed E-state index contributed by atoms with van der Waals surface area (Å²) < 4.78 is 34.2. The summed E-state index contributed by atoms with van der Waals surface area (Å²) in [4.78, 5) is 35.4. The number of phosphoric ester groups is 1. The van der Waals surface area contributed by atoms with Gasteiger partial charge >= 0.3 is 19.8 Å². The van der Waals surface area contributed by atoms with E-state index in [2.05, 4.69) is 43.4 Å². The van der Waals surface area contributed by atoms with Crippen molar-refractivity contribution in [2.45, 2.75) is 174 Å². The number of likely N-dealkylation sites (N-methyl/N-ethyl adjacent to an activating group) is 1. The van der Waals surface area contributed by atoms with Crippen LogP contribution < -0.4 is 0 Å². The lowest BCUT2D eigenvalue weighted by Crippen LogP contribution is -2.37. The summed E-state index contributed by atoms with van der Waals surface area (Å²) in [6.45, 7) is 4.09.